The van der Waals surface area contributed by atoms with E-state index in [1.54, 1.807) is 36.4 Å². The molecule has 134 valence electrons. The van der Waals surface area contributed by atoms with E-state index < -0.39 is 26.8 Å². The summed E-state index contributed by atoms with van der Waals surface area (Å²) < 4.78 is 40.7. The van der Waals surface area contributed by atoms with Crippen molar-refractivity contribution in [2.45, 2.75) is 14.7 Å². The largest absolute Gasteiger partial charge is 0.478 e. The van der Waals surface area contributed by atoms with Crippen LogP contribution in [0, 0.1) is 0 Å². The van der Waals surface area contributed by atoms with Crippen LogP contribution in [0.15, 0.2) is 75.4 Å². The number of hydrogen-bond donors (Lipinski definition) is 2. The maximum atomic E-state index is 13.2. The summed E-state index contributed by atoms with van der Waals surface area (Å²) in [6.45, 7) is 0. The van der Waals surface area contributed by atoms with Crippen molar-refractivity contribution in [3.8, 4) is 0 Å². The van der Waals surface area contributed by atoms with Crippen molar-refractivity contribution in [1.29, 1.82) is 0 Å². The predicted octanol–water partition coefficient (Wildman–Crippen LogP) is 2.61. The molecule has 6 nitrogen and oxygen atoms in total. The molecule has 3 aromatic carbocycles. The maximum Gasteiger partial charge on any atom is 0.336 e. The van der Waals surface area contributed by atoms with Gasteiger partial charge < -0.3 is 5.11 Å². The molecule has 3 aromatic rings. The van der Waals surface area contributed by atoms with Crippen LogP contribution in [0.1, 0.15) is 10.4 Å². The van der Waals surface area contributed by atoms with E-state index in [1.807, 2.05) is 0 Å². The smallest absolute Gasteiger partial charge is 0.336 e. The molecule has 0 bridgehead atoms. The van der Waals surface area contributed by atoms with Crippen LogP contribution in [0.25, 0.3) is 10.8 Å². The number of sulfonamides is 1. The van der Waals surface area contributed by atoms with Crippen molar-refractivity contribution < 1.29 is 22.5 Å². The predicted molar refractivity (Wildman–Crippen MR) is 98.3 cm³/mol. The third kappa shape index (κ3) is 3.14. The van der Waals surface area contributed by atoms with E-state index in [2.05, 4.69) is 4.72 Å². The molecule has 0 amide bonds. The Balaban J connectivity index is 2.35. The second-order valence-electron chi connectivity index (χ2n) is 5.39. The summed E-state index contributed by atoms with van der Waals surface area (Å²) in [5.41, 5.74) is -0.133. The zero-order chi connectivity index (χ0) is 18.9. The van der Waals surface area contributed by atoms with Crippen LogP contribution in [0.3, 0.4) is 0 Å². The van der Waals surface area contributed by atoms with E-state index in [0.29, 0.717) is 10.8 Å². The minimum atomic E-state index is -3.93. The Hall–Kier alpha value is -2.55. The molecule has 0 saturated carbocycles. The molecule has 8 heteroatoms. The van der Waals surface area contributed by atoms with E-state index in [9.17, 15) is 22.5 Å². The van der Waals surface area contributed by atoms with Crippen molar-refractivity contribution in [1.82, 2.24) is 4.72 Å². The molecule has 0 aliphatic rings. The fourth-order valence-corrected chi connectivity index (χ4v) is 5.50. The average molecular weight is 389 g/mol. The normalized spacial score (nSPS) is 12.8. The summed E-state index contributed by atoms with van der Waals surface area (Å²) in [7, 11) is -4.65. The lowest BCUT2D eigenvalue weighted by Gasteiger charge is -2.14. The number of carbonyl (C=O) groups is 1. The van der Waals surface area contributed by atoms with E-state index in [1.165, 1.54) is 31.3 Å². The van der Waals surface area contributed by atoms with Crippen LogP contribution in [-0.4, -0.2) is 30.8 Å². The molecular formula is C18H15NO5S2. The van der Waals surface area contributed by atoms with Crippen LogP contribution in [0.5, 0.6) is 0 Å². The first kappa shape index (κ1) is 18.2. The molecular weight excluding hydrogens is 374 g/mol. The summed E-state index contributed by atoms with van der Waals surface area (Å²) in [6.07, 6.45) is 0. The van der Waals surface area contributed by atoms with Crippen molar-refractivity contribution >= 4 is 37.6 Å². The zero-order valence-electron chi connectivity index (χ0n) is 13.7. The fourth-order valence-electron chi connectivity index (χ4n) is 2.67. The summed E-state index contributed by atoms with van der Waals surface area (Å²) in [6, 6.07) is 15.8. The number of carboxylic acids is 1. The van der Waals surface area contributed by atoms with Gasteiger partial charge >= 0.3 is 5.97 Å². The number of carboxylic acid groups (broad SMARTS) is 1. The first-order valence-corrected chi connectivity index (χ1v) is 10.2. The Morgan fingerprint density at radius 2 is 1.62 bits per heavy atom. The van der Waals surface area contributed by atoms with Gasteiger partial charge in [0.05, 0.1) is 26.2 Å². The van der Waals surface area contributed by atoms with Gasteiger partial charge in [-0.1, -0.05) is 42.5 Å². The highest BCUT2D eigenvalue weighted by molar-refractivity contribution is 7.91. The standard InChI is InChI=1S/C18H15NO5S2/c1-19-26(23,24)17-13-7-3-2-6-12(13)10-11-16(17)25(22)15-9-5-4-8-14(15)18(20)21/h2-11,19H,1H3,(H,20,21). The minimum absolute atomic E-state index is 0.0340. The van der Waals surface area contributed by atoms with Crippen LogP contribution in [0.2, 0.25) is 0 Å². The average Bonchev–Trinajstić information content (AvgIpc) is 2.66. The van der Waals surface area contributed by atoms with Gasteiger partial charge in [0.1, 0.15) is 4.90 Å². The molecule has 0 aromatic heterocycles. The monoisotopic (exact) mass is 389 g/mol. The Morgan fingerprint density at radius 1 is 0.962 bits per heavy atom. The maximum absolute atomic E-state index is 13.2. The van der Waals surface area contributed by atoms with Crippen LogP contribution in [-0.2, 0) is 20.8 Å². The molecule has 0 saturated heterocycles. The third-order valence-corrected chi connectivity index (χ3v) is 7.04. The van der Waals surface area contributed by atoms with E-state index in [0.717, 1.165) is 0 Å². The molecule has 0 radical (unpaired) electrons. The number of hydrogen-bond acceptors (Lipinski definition) is 4. The molecule has 1 atom stereocenters. The van der Waals surface area contributed by atoms with Gasteiger partial charge in [0.25, 0.3) is 0 Å². The highest BCUT2D eigenvalue weighted by atomic mass is 32.2. The number of nitrogens with one attached hydrogen (secondary N) is 1. The SMILES string of the molecule is CNS(=O)(=O)c1c(S(=O)c2ccccc2C(=O)O)ccc2ccccc12. The summed E-state index contributed by atoms with van der Waals surface area (Å²) in [5.74, 6) is -1.23. The second-order valence-corrected chi connectivity index (χ2v) is 8.63. The van der Waals surface area contributed by atoms with Crippen molar-refractivity contribution in [3.63, 3.8) is 0 Å². The van der Waals surface area contributed by atoms with Gasteiger partial charge in [-0.05, 0) is 30.6 Å². The number of aromatic carboxylic acids is 1. The van der Waals surface area contributed by atoms with Gasteiger partial charge in [-0.25, -0.2) is 22.1 Å². The Morgan fingerprint density at radius 3 is 2.31 bits per heavy atom. The van der Waals surface area contributed by atoms with Gasteiger partial charge in [-0.2, -0.15) is 0 Å². The van der Waals surface area contributed by atoms with Crippen molar-refractivity contribution in [2.24, 2.45) is 0 Å². The quantitative estimate of drug-likeness (QED) is 0.699. The molecule has 0 aliphatic carbocycles. The summed E-state index contributed by atoms with van der Waals surface area (Å²) >= 11 is 0. The van der Waals surface area contributed by atoms with Crippen LogP contribution < -0.4 is 4.72 Å². The number of benzene rings is 3. The van der Waals surface area contributed by atoms with Gasteiger partial charge in [0.2, 0.25) is 10.0 Å². The minimum Gasteiger partial charge on any atom is -0.478 e. The Kier molecular flexibility index (Phi) is 4.90. The van der Waals surface area contributed by atoms with E-state index >= 15 is 0 Å². The first-order valence-electron chi connectivity index (χ1n) is 7.56. The molecule has 0 spiro atoms. The molecule has 1 unspecified atom stereocenters. The lowest BCUT2D eigenvalue weighted by atomic mass is 10.1. The van der Waals surface area contributed by atoms with Gasteiger partial charge in [0, 0.05) is 5.39 Å². The van der Waals surface area contributed by atoms with Gasteiger partial charge in [-0.3, -0.25) is 0 Å². The summed E-state index contributed by atoms with van der Waals surface area (Å²) in [4.78, 5) is 11.4. The molecule has 0 fully saturated rings. The van der Waals surface area contributed by atoms with Crippen LogP contribution >= 0.6 is 0 Å². The van der Waals surface area contributed by atoms with E-state index in [4.69, 9.17) is 0 Å². The van der Waals surface area contributed by atoms with Crippen molar-refractivity contribution in [3.05, 3.63) is 66.2 Å². The van der Waals surface area contributed by atoms with E-state index in [-0.39, 0.29) is 20.2 Å². The third-order valence-electron chi connectivity index (χ3n) is 3.90. The fraction of sp³-hybridized carbons (Fsp3) is 0.0556. The lowest BCUT2D eigenvalue weighted by molar-refractivity contribution is 0.0693. The topological polar surface area (TPSA) is 101 Å². The Bertz CT molecular complexity index is 1140. The molecule has 0 heterocycles. The number of rotatable bonds is 5. The summed E-state index contributed by atoms with van der Waals surface area (Å²) in [5, 5.41) is 10.4. The zero-order valence-corrected chi connectivity index (χ0v) is 15.3. The molecule has 2 N–H and O–H groups in total. The van der Waals surface area contributed by atoms with Gasteiger partial charge in [0.15, 0.2) is 0 Å². The molecule has 26 heavy (non-hydrogen) atoms. The highest BCUT2D eigenvalue weighted by Gasteiger charge is 2.26. The van der Waals surface area contributed by atoms with Crippen LogP contribution in [0.4, 0.5) is 0 Å². The highest BCUT2D eigenvalue weighted by Crippen LogP contribution is 2.32. The first-order chi connectivity index (χ1) is 12.4. The molecule has 0 aliphatic heterocycles. The van der Waals surface area contributed by atoms with Gasteiger partial charge in [-0.15, -0.1) is 0 Å². The lowest BCUT2D eigenvalue weighted by Crippen LogP contribution is -2.21. The Labute approximate surface area is 153 Å². The van der Waals surface area contributed by atoms with Crippen molar-refractivity contribution in [2.75, 3.05) is 7.05 Å². The number of fused-ring (bicyclic) bond motifs is 1. The second kappa shape index (κ2) is 6.99. The molecule has 3 rings (SSSR count).